The largest absolute Gasteiger partial charge is 0.453 e. The molecule has 0 aliphatic rings. The van der Waals surface area contributed by atoms with Crippen molar-refractivity contribution in [2.24, 2.45) is 0 Å². The lowest BCUT2D eigenvalue weighted by Gasteiger charge is -2.13. The molecule has 0 saturated heterocycles. The average molecular weight is 372 g/mol. The van der Waals surface area contributed by atoms with Gasteiger partial charge in [-0.15, -0.1) is 0 Å². The van der Waals surface area contributed by atoms with E-state index in [9.17, 15) is 14.4 Å². The molecule has 0 atom stereocenters. The monoisotopic (exact) mass is 372 g/mol. The zero-order chi connectivity index (χ0) is 19.8. The third-order valence-corrected chi connectivity index (χ3v) is 3.95. The Kier molecular flexibility index (Phi) is 7.10. The molecule has 0 saturated carbocycles. The molecule has 8 heteroatoms. The number of benzene rings is 1. The van der Waals surface area contributed by atoms with Crippen LogP contribution in [0.15, 0.2) is 18.2 Å². The highest BCUT2D eigenvalue weighted by Gasteiger charge is 2.16. The van der Waals surface area contributed by atoms with Crippen molar-refractivity contribution in [3.05, 3.63) is 29.7 Å². The van der Waals surface area contributed by atoms with Crippen molar-refractivity contribution in [2.45, 2.75) is 39.5 Å². The van der Waals surface area contributed by atoms with E-state index in [-0.39, 0.29) is 12.3 Å². The summed E-state index contributed by atoms with van der Waals surface area (Å²) in [4.78, 5) is 42.0. The summed E-state index contributed by atoms with van der Waals surface area (Å²) in [5.41, 5.74) is 3.13. The van der Waals surface area contributed by atoms with E-state index in [1.54, 1.807) is 18.2 Å². The van der Waals surface area contributed by atoms with Crippen molar-refractivity contribution in [1.29, 1.82) is 0 Å². The summed E-state index contributed by atoms with van der Waals surface area (Å²) in [7, 11) is 1.28. The zero-order valence-electron chi connectivity index (χ0n) is 15.7. The minimum atomic E-state index is -0.602. The van der Waals surface area contributed by atoms with Gasteiger partial charge in [0.2, 0.25) is 5.91 Å². The molecule has 1 aromatic carbocycles. The Morgan fingerprint density at radius 1 is 1.30 bits per heavy atom. The van der Waals surface area contributed by atoms with Gasteiger partial charge >= 0.3 is 6.09 Å². The second kappa shape index (κ2) is 9.51. The number of carbonyl (C=O) groups is 3. The molecule has 1 aromatic heterocycles. The fraction of sp³-hybridized carbons (Fsp3) is 0.368. The molecule has 2 aromatic rings. The number of rotatable bonds is 8. The van der Waals surface area contributed by atoms with Crippen LogP contribution in [0.1, 0.15) is 37.7 Å². The van der Waals surface area contributed by atoms with Crippen molar-refractivity contribution in [2.75, 3.05) is 17.7 Å². The topological polar surface area (TPSA) is 113 Å². The van der Waals surface area contributed by atoms with Gasteiger partial charge in [0.25, 0.3) is 0 Å². The van der Waals surface area contributed by atoms with Gasteiger partial charge in [-0.1, -0.05) is 13.3 Å². The number of aldehydes is 1. The number of ether oxygens (including phenoxy) is 1. The van der Waals surface area contributed by atoms with E-state index in [2.05, 4.69) is 25.3 Å². The first-order chi connectivity index (χ1) is 13.0. The molecule has 0 radical (unpaired) electrons. The summed E-state index contributed by atoms with van der Waals surface area (Å²) in [5.74, 6) is 0.437. The van der Waals surface area contributed by atoms with Crippen LogP contribution >= 0.6 is 0 Å². The number of hydrogen-bond acceptors (Lipinski definition) is 5. The first-order valence-electron chi connectivity index (χ1n) is 8.76. The number of aromatic nitrogens is 2. The van der Waals surface area contributed by atoms with E-state index in [1.165, 1.54) is 7.11 Å². The minimum Gasteiger partial charge on any atom is -0.453 e. The number of hydrogen-bond donors (Lipinski definition) is 3. The van der Waals surface area contributed by atoms with E-state index in [4.69, 9.17) is 0 Å². The number of aryl methyl sites for hydroxylation is 1. The van der Waals surface area contributed by atoms with E-state index in [0.29, 0.717) is 34.9 Å². The molecule has 0 spiro atoms. The van der Waals surface area contributed by atoms with Gasteiger partial charge < -0.3 is 19.8 Å². The Bertz CT molecular complexity index is 829. The van der Waals surface area contributed by atoms with Gasteiger partial charge in [0.1, 0.15) is 12.1 Å². The Morgan fingerprint density at radius 3 is 2.74 bits per heavy atom. The predicted molar refractivity (Wildman–Crippen MR) is 103 cm³/mol. The lowest BCUT2D eigenvalue weighted by molar-refractivity contribution is -0.116. The zero-order valence-corrected chi connectivity index (χ0v) is 15.7. The van der Waals surface area contributed by atoms with Crippen LogP contribution < -0.4 is 10.6 Å². The number of nitrogens with one attached hydrogen (secondary N) is 3. The van der Waals surface area contributed by atoms with Crippen LogP contribution in [-0.2, 0) is 20.7 Å². The van der Waals surface area contributed by atoms with Crippen LogP contribution in [0.4, 0.5) is 16.2 Å². The fourth-order valence-electron chi connectivity index (χ4n) is 2.61. The lowest BCUT2D eigenvalue weighted by atomic mass is 10.1. The van der Waals surface area contributed by atoms with Crippen LogP contribution in [-0.4, -0.2) is 35.4 Å². The van der Waals surface area contributed by atoms with Gasteiger partial charge in [-0.3, -0.25) is 10.1 Å². The summed E-state index contributed by atoms with van der Waals surface area (Å²) in [6.07, 6.45) is 2.46. The smallest absolute Gasteiger partial charge is 0.411 e. The minimum absolute atomic E-state index is 0.116. The summed E-state index contributed by atoms with van der Waals surface area (Å²) >= 11 is 0. The quantitative estimate of drug-likeness (QED) is 0.614. The molecule has 0 aliphatic heterocycles. The molecule has 2 amide bonds. The van der Waals surface area contributed by atoms with Gasteiger partial charge in [-0.2, -0.15) is 0 Å². The van der Waals surface area contributed by atoms with E-state index in [1.807, 2.05) is 13.8 Å². The van der Waals surface area contributed by atoms with Gasteiger partial charge in [0.05, 0.1) is 24.9 Å². The molecular weight excluding hydrogens is 348 g/mol. The SMILES string of the molecule is CCCCC(=O)Nc1cc(NC(=O)OC)ccc1-c1nc(CC=O)[nH]c1C. The van der Waals surface area contributed by atoms with Crippen molar-refractivity contribution < 1.29 is 19.1 Å². The van der Waals surface area contributed by atoms with Crippen molar-refractivity contribution in [3.8, 4) is 11.3 Å². The van der Waals surface area contributed by atoms with Crippen LogP contribution in [0.25, 0.3) is 11.3 Å². The first-order valence-corrected chi connectivity index (χ1v) is 8.76. The molecule has 3 N–H and O–H groups in total. The molecule has 0 bridgehead atoms. The molecular formula is C19H24N4O4. The highest BCUT2D eigenvalue weighted by atomic mass is 16.5. The molecule has 1 heterocycles. The number of unbranched alkanes of at least 4 members (excludes halogenated alkanes) is 1. The van der Waals surface area contributed by atoms with Crippen molar-refractivity contribution in [3.63, 3.8) is 0 Å². The number of anilines is 2. The number of aromatic amines is 1. The predicted octanol–water partition coefficient (Wildman–Crippen LogP) is 3.43. The number of H-pyrrole nitrogens is 1. The second-order valence-electron chi connectivity index (χ2n) is 6.06. The lowest BCUT2D eigenvalue weighted by Crippen LogP contribution is -2.14. The van der Waals surface area contributed by atoms with Gasteiger partial charge in [0, 0.05) is 23.4 Å². The van der Waals surface area contributed by atoms with E-state index >= 15 is 0 Å². The fourth-order valence-corrected chi connectivity index (χ4v) is 2.61. The Balaban J connectivity index is 2.40. The Morgan fingerprint density at radius 2 is 2.07 bits per heavy atom. The molecule has 0 aliphatic carbocycles. The highest BCUT2D eigenvalue weighted by molar-refractivity contribution is 5.97. The maximum atomic E-state index is 12.2. The van der Waals surface area contributed by atoms with E-state index in [0.717, 1.165) is 24.8 Å². The van der Waals surface area contributed by atoms with Gasteiger partial charge in [-0.05, 0) is 31.5 Å². The third-order valence-electron chi connectivity index (χ3n) is 3.95. The summed E-state index contributed by atoms with van der Waals surface area (Å²) in [5, 5.41) is 5.47. The molecule has 8 nitrogen and oxygen atoms in total. The van der Waals surface area contributed by atoms with Crippen LogP contribution in [0, 0.1) is 6.92 Å². The number of methoxy groups -OCH3 is 1. The van der Waals surface area contributed by atoms with Crippen molar-refractivity contribution >= 4 is 29.7 Å². The second-order valence-corrected chi connectivity index (χ2v) is 6.06. The maximum Gasteiger partial charge on any atom is 0.411 e. The van der Waals surface area contributed by atoms with Crippen LogP contribution in [0.2, 0.25) is 0 Å². The normalized spacial score (nSPS) is 10.3. The van der Waals surface area contributed by atoms with Gasteiger partial charge in [0.15, 0.2) is 0 Å². The average Bonchev–Trinajstić information content (AvgIpc) is 3.00. The van der Waals surface area contributed by atoms with Crippen molar-refractivity contribution in [1.82, 2.24) is 9.97 Å². The number of carbonyl (C=O) groups excluding carboxylic acids is 3. The molecule has 27 heavy (non-hydrogen) atoms. The van der Waals surface area contributed by atoms with E-state index < -0.39 is 6.09 Å². The first kappa shape index (κ1) is 20.2. The summed E-state index contributed by atoms with van der Waals surface area (Å²) in [6.45, 7) is 3.86. The third kappa shape index (κ3) is 5.40. The Hall–Kier alpha value is -3.16. The molecule has 0 fully saturated rings. The molecule has 144 valence electrons. The van der Waals surface area contributed by atoms with Crippen LogP contribution in [0.5, 0.6) is 0 Å². The highest BCUT2D eigenvalue weighted by Crippen LogP contribution is 2.32. The number of imidazole rings is 1. The number of amides is 2. The molecule has 0 unspecified atom stereocenters. The summed E-state index contributed by atoms with van der Waals surface area (Å²) < 4.78 is 4.60. The van der Waals surface area contributed by atoms with Crippen LogP contribution in [0.3, 0.4) is 0 Å². The maximum absolute atomic E-state index is 12.2. The summed E-state index contributed by atoms with van der Waals surface area (Å²) in [6, 6.07) is 5.11. The standard InChI is InChI=1S/C19H24N4O4/c1-4-5-6-17(25)22-15-11-13(21-19(26)27-3)7-8-14(15)18-12(2)20-16(23-18)9-10-24/h7-8,10-11H,4-6,9H2,1-3H3,(H,20,23)(H,21,26)(H,22,25). The van der Waals surface area contributed by atoms with Gasteiger partial charge in [-0.25, -0.2) is 9.78 Å². The molecule has 2 rings (SSSR count). The number of nitrogens with zero attached hydrogens (tertiary/aromatic N) is 1. The Labute approximate surface area is 157 Å².